The van der Waals surface area contributed by atoms with Crippen molar-refractivity contribution in [3.63, 3.8) is 0 Å². The van der Waals surface area contributed by atoms with E-state index in [1.54, 1.807) is 19.0 Å². The summed E-state index contributed by atoms with van der Waals surface area (Å²) in [6, 6.07) is 0.510. The molecule has 2 heterocycles. The second-order valence-corrected chi connectivity index (χ2v) is 8.03. The number of carbonyl (C=O) groups excluding carboxylic acids is 1. The molecule has 2 saturated heterocycles. The maximum absolute atomic E-state index is 12.0. The minimum Gasteiger partial charge on any atom is -0.381 e. The van der Waals surface area contributed by atoms with Gasteiger partial charge in [-0.1, -0.05) is 19.3 Å². The summed E-state index contributed by atoms with van der Waals surface area (Å²) in [6.07, 6.45) is 8.77. The van der Waals surface area contributed by atoms with Crippen molar-refractivity contribution in [3.8, 4) is 0 Å². The maximum atomic E-state index is 12.0. The summed E-state index contributed by atoms with van der Waals surface area (Å²) in [4.78, 5) is 20.7. The predicted octanol–water partition coefficient (Wildman–Crippen LogP) is 1.71. The first-order valence-electron chi connectivity index (χ1n) is 9.97. The molecule has 0 spiro atoms. The lowest BCUT2D eigenvalue weighted by Crippen LogP contribution is -2.46. The van der Waals surface area contributed by atoms with Crippen molar-refractivity contribution >= 4 is 11.9 Å². The van der Waals surface area contributed by atoms with E-state index in [4.69, 9.17) is 9.73 Å². The van der Waals surface area contributed by atoms with Crippen LogP contribution in [0.5, 0.6) is 0 Å². The number of nitrogens with one attached hydrogen (secondary N) is 1. The molecule has 2 aliphatic heterocycles. The average molecular weight is 351 g/mol. The molecule has 0 aromatic rings. The van der Waals surface area contributed by atoms with Gasteiger partial charge in [0.25, 0.3) is 0 Å². The number of likely N-dealkylation sites (tertiary alicyclic amines) is 1. The van der Waals surface area contributed by atoms with Crippen LogP contribution < -0.4 is 5.32 Å². The third kappa shape index (κ3) is 5.09. The maximum Gasteiger partial charge on any atom is 0.243 e. The first-order valence-corrected chi connectivity index (χ1v) is 9.97. The van der Waals surface area contributed by atoms with Crippen LogP contribution in [0.1, 0.15) is 44.9 Å². The predicted molar refractivity (Wildman–Crippen MR) is 99.6 cm³/mol. The van der Waals surface area contributed by atoms with Crippen LogP contribution >= 0.6 is 0 Å². The number of ether oxygens (including phenoxy) is 1. The molecule has 1 amide bonds. The minimum atomic E-state index is 0.0582. The molecular formula is C19H34N4O2. The quantitative estimate of drug-likeness (QED) is 0.619. The molecular weight excluding hydrogens is 316 g/mol. The van der Waals surface area contributed by atoms with Gasteiger partial charge in [-0.25, -0.2) is 4.99 Å². The van der Waals surface area contributed by atoms with E-state index >= 15 is 0 Å². The number of aliphatic imine (C=N–C) groups is 1. The van der Waals surface area contributed by atoms with Crippen molar-refractivity contribution < 1.29 is 9.53 Å². The Morgan fingerprint density at radius 2 is 1.96 bits per heavy atom. The number of rotatable bonds is 4. The van der Waals surface area contributed by atoms with Crippen LogP contribution in [0, 0.1) is 11.8 Å². The highest BCUT2D eigenvalue weighted by atomic mass is 16.5. The normalized spacial score (nSPS) is 28.4. The van der Waals surface area contributed by atoms with Crippen LogP contribution in [-0.4, -0.2) is 74.7 Å². The van der Waals surface area contributed by atoms with E-state index in [1.165, 1.54) is 44.9 Å². The highest BCUT2D eigenvalue weighted by molar-refractivity contribution is 5.85. The molecule has 2 unspecified atom stereocenters. The topological polar surface area (TPSA) is 57.2 Å². The molecule has 0 aromatic carbocycles. The fraction of sp³-hybridized carbons (Fsp3) is 0.895. The minimum absolute atomic E-state index is 0.0582. The molecule has 3 aliphatic rings. The van der Waals surface area contributed by atoms with Crippen molar-refractivity contribution in [2.75, 3.05) is 46.9 Å². The Hall–Kier alpha value is -1.30. The Bertz CT molecular complexity index is 468. The first-order chi connectivity index (χ1) is 12.1. The Balaban J connectivity index is 1.62. The van der Waals surface area contributed by atoms with Gasteiger partial charge in [-0.05, 0) is 37.5 Å². The lowest BCUT2D eigenvalue weighted by Gasteiger charge is -2.29. The van der Waals surface area contributed by atoms with Gasteiger partial charge in [0.2, 0.25) is 5.91 Å². The highest BCUT2D eigenvalue weighted by Gasteiger charge is 2.33. The van der Waals surface area contributed by atoms with Gasteiger partial charge in [-0.3, -0.25) is 4.79 Å². The van der Waals surface area contributed by atoms with Gasteiger partial charge in [0.05, 0.1) is 0 Å². The SMILES string of the molecule is CN(C)C(=O)CN=C(NC1CCCCC1)N1CCC(C2CCOC2)C1. The highest BCUT2D eigenvalue weighted by Crippen LogP contribution is 2.30. The van der Waals surface area contributed by atoms with E-state index in [0.29, 0.717) is 17.9 Å². The van der Waals surface area contributed by atoms with E-state index in [9.17, 15) is 4.79 Å². The fourth-order valence-electron chi connectivity index (χ4n) is 4.24. The Labute approximate surface area is 152 Å². The fourth-order valence-corrected chi connectivity index (χ4v) is 4.24. The van der Waals surface area contributed by atoms with Crippen LogP contribution in [0.3, 0.4) is 0 Å². The number of hydrogen-bond acceptors (Lipinski definition) is 3. The summed E-state index contributed by atoms with van der Waals surface area (Å²) >= 11 is 0. The molecule has 3 fully saturated rings. The summed E-state index contributed by atoms with van der Waals surface area (Å²) in [5.41, 5.74) is 0. The average Bonchev–Trinajstić information content (AvgIpc) is 3.30. The molecule has 25 heavy (non-hydrogen) atoms. The Morgan fingerprint density at radius 1 is 1.16 bits per heavy atom. The zero-order chi connectivity index (χ0) is 17.6. The number of nitrogens with zero attached hydrogens (tertiary/aromatic N) is 3. The number of likely N-dealkylation sites (N-methyl/N-ethyl adjacent to an activating group) is 1. The van der Waals surface area contributed by atoms with Crippen LogP contribution in [0.4, 0.5) is 0 Å². The largest absolute Gasteiger partial charge is 0.381 e. The first kappa shape index (κ1) is 18.5. The van der Waals surface area contributed by atoms with Gasteiger partial charge in [-0.15, -0.1) is 0 Å². The van der Waals surface area contributed by atoms with Crippen molar-refractivity contribution in [2.45, 2.75) is 51.0 Å². The zero-order valence-electron chi connectivity index (χ0n) is 15.9. The second-order valence-electron chi connectivity index (χ2n) is 8.03. The number of amides is 1. The van der Waals surface area contributed by atoms with E-state index < -0.39 is 0 Å². The molecule has 142 valence electrons. The summed E-state index contributed by atoms with van der Waals surface area (Å²) in [5.74, 6) is 2.40. The van der Waals surface area contributed by atoms with E-state index in [1.807, 2.05) is 0 Å². The van der Waals surface area contributed by atoms with Gasteiger partial charge in [0.15, 0.2) is 5.96 Å². The lowest BCUT2D eigenvalue weighted by molar-refractivity contribution is -0.127. The summed E-state index contributed by atoms with van der Waals surface area (Å²) in [7, 11) is 3.58. The van der Waals surface area contributed by atoms with Gasteiger partial charge < -0.3 is 19.9 Å². The van der Waals surface area contributed by atoms with Crippen LogP contribution in [0.25, 0.3) is 0 Å². The summed E-state index contributed by atoms with van der Waals surface area (Å²) in [5, 5.41) is 3.68. The van der Waals surface area contributed by atoms with Crippen molar-refractivity contribution in [1.29, 1.82) is 0 Å². The summed E-state index contributed by atoms with van der Waals surface area (Å²) < 4.78 is 5.58. The third-order valence-electron chi connectivity index (χ3n) is 5.96. The van der Waals surface area contributed by atoms with Crippen molar-refractivity contribution in [3.05, 3.63) is 0 Å². The second kappa shape index (κ2) is 8.88. The number of carbonyl (C=O) groups is 1. The molecule has 6 nitrogen and oxygen atoms in total. The van der Waals surface area contributed by atoms with Crippen LogP contribution in [0.15, 0.2) is 4.99 Å². The van der Waals surface area contributed by atoms with Gasteiger partial charge >= 0.3 is 0 Å². The molecule has 1 N–H and O–H groups in total. The Morgan fingerprint density at radius 3 is 2.64 bits per heavy atom. The number of hydrogen-bond donors (Lipinski definition) is 1. The van der Waals surface area contributed by atoms with Crippen LogP contribution in [-0.2, 0) is 9.53 Å². The molecule has 2 atom stereocenters. The molecule has 0 radical (unpaired) electrons. The van der Waals surface area contributed by atoms with Crippen LogP contribution in [0.2, 0.25) is 0 Å². The standard InChI is InChI=1S/C19H34N4O2/c1-22(2)18(24)12-20-19(21-17-6-4-3-5-7-17)23-10-8-15(13-23)16-9-11-25-14-16/h15-17H,3-14H2,1-2H3,(H,20,21). The third-order valence-corrected chi connectivity index (χ3v) is 5.96. The smallest absolute Gasteiger partial charge is 0.243 e. The molecule has 6 heteroatoms. The van der Waals surface area contributed by atoms with Gasteiger partial charge in [0, 0.05) is 46.4 Å². The zero-order valence-corrected chi connectivity index (χ0v) is 15.9. The monoisotopic (exact) mass is 350 g/mol. The summed E-state index contributed by atoms with van der Waals surface area (Å²) in [6.45, 7) is 4.15. The van der Waals surface area contributed by atoms with E-state index in [-0.39, 0.29) is 12.5 Å². The Kier molecular flexibility index (Phi) is 6.57. The molecule has 0 bridgehead atoms. The van der Waals surface area contributed by atoms with Gasteiger partial charge in [0.1, 0.15) is 6.54 Å². The molecule has 0 aromatic heterocycles. The van der Waals surface area contributed by atoms with Crippen molar-refractivity contribution in [2.24, 2.45) is 16.8 Å². The van der Waals surface area contributed by atoms with E-state index in [2.05, 4.69) is 10.2 Å². The molecule has 1 saturated carbocycles. The van der Waals surface area contributed by atoms with E-state index in [0.717, 1.165) is 32.3 Å². The van der Waals surface area contributed by atoms with Crippen molar-refractivity contribution in [1.82, 2.24) is 15.1 Å². The molecule has 3 rings (SSSR count). The number of guanidine groups is 1. The van der Waals surface area contributed by atoms with Gasteiger partial charge in [-0.2, -0.15) is 0 Å². The molecule has 1 aliphatic carbocycles. The lowest BCUT2D eigenvalue weighted by atomic mass is 9.91.